The van der Waals surface area contributed by atoms with Crippen molar-refractivity contribution in [3.8, 4) is 6.07 Å². The van der Waals surface area contributed by atoms with Gasteiger partial charge in [0.25, 0.3) is 0 Å². The third kappa shape index (κ3) is 4.39. The Morgan fingerprint density at radius 2 is 2.48 bits per heavy atom. The van der Waals surface area contributed by atoms with Gasteiger partial charge in [-0.15, -0.1) is 11.3 Å². The lowest BCUT2D eigenvalue weighted by atomic mass is 10.0. The number of aromatic nitrogens is 2. The molecule has 29 heavy (non-hydrogen) atoms. The van der Waals surface area contributed by atoms with Gasteiger partial charge in [-0.25, -0.2) is 14.4 Å². The van der Waals surface area contributed by atoms with Crippen LogP contribution in [0.4, 0.5) is 10.2 Å². The highest BCUT2D eigenvalue weighted by molar-refractivity contribution is 7.18. The van der Waals surface area contributed by atoms with E-state index in [0.717, 1.165) is 17.0 Å². The van der Waals surface area contributed by atoms with Crippen molar-refractivity contribution in [1.29, 1.82) is 5.26 Å². The minimum absolute atomic E-state index is 0.00602. The number of thiophene rings is 1. The van der Waals surface area contributed by atoms with Gasteiger partial charge < -0.3 is 5.31 Å². The van der Waals surface area contributed by atoms with E-state index in [4.69, 9.17) is 25.9 Å². The maximum absolute atomic E-state index is 14.6. The molecular weight excluding hydrogens is 385 g/mol. The second kappa shape index (κ2) is 8.44. The second-order valence-electron chi connectivity index (χ2n) is 5.99. The normalized spacial score (nSPS) is 31.4. The lowest BCUT2D eigenvalue weighted by molar-refractivity contribution is 0.209. The van der Waals surface area contributed by atoms with Crippen LogP contribution in [-0.4, -0.2) is 34.0 Å². The van der Waals surface area contributed by atoms with Gasteiger partial charge in [0.1, 0.15) is 24.1 Å². The summed E-state index contributed by atoms with van der Waals surface area (Å²) in [5.74, 6) is -4.70. The molecule has 2 unspecified atom stereocenters. The standard InChI is InChI=1S/C22H24FN5S/c1-14(2)20-10-18-21(25-13-26-22(18)29-20)27-17-5-7-28(8-6-17)12-16-9-15(11-24)3-4-19(16)23/h3-4,9-10,13-14,17H,5-8,12H2,1-2H3,(H,25,26,27)/i1D2,2D3,5D2,6D2,10D,12D,13D,14D,17D/hD. The smallest absolute Gasteiger partial charge is 0.162 e. The summed E-state index contributed by atoms with van der Waals surface area (Å²) in [6.45, 7) is -9.09. The average Bonchev–Trinajstić information content (AvgIpc) is 3.24. The van der Waals surface area contributed by atoms with Gasteiger partial charge in [0.05, 0.1) is 19.8 Å². The number of nitrogens with one attached hydrogen (secondary N) is 1. The molecule has 2 aromatic heterocycles. The van der Waals surface area contributed by atoms with Gasteiger partial charge in [-0.2, -0.15) is 5.26 Å². The van der Waals surface area contributed by atoms with E-state index in [9.17, 15) is 4.39 Å². The largest absolute Gasteiger partial charge is 0.367 e. The first-order valence-corrected chi connectivity index (χ1v) is 9.14. The highest BCUT2D eigenvalue weighted by Crippen LogP contribution is 2.33. The van der Waals surface area contributed by atoms with Crippen molar-refractivity contribution < 1.29 is 25.0 Å². The molecule has 150 valence electrons. The van der Waals surface area contributed by atoms with Gasteiger partial charge in [0.2, 0.25) is 0 Å². The Balaban J connectivity index is 1.85. The third-order valence-electron chi connectivity index (χ3n) is 3.99. The molecule has 0 aliphatic carbocycles. The van der Waals surface area contributed by atoms with Gasteiger partial charge in [0, 0.05) is 51.1 Å². The maximum Gasteiger partial charge on any atom is 0.162 e. The van der Waals surface area contributed by atoms with E-state index in [1.807, 2.05) is 0 Å². The summed E-state index contributed by atoms with van der Waals surface area (Å²) in [5.41, 5.74) is -0.335. The topological polar surface area (TPSA) is 64.8 Å². The van der Waals surface area contributed by atoms with Crippen molar-refractivity contribution in [1.82, 2.24) is 14.9 Å². The van der Waals surface area contributed by atoms with E-state index in [2.05, 4.69) is 9.97 Å². The zero-order valence-electron chi connectivity index (χ0n) is 29.8. The minimum Gasteiger partial charge on any atom is -0.367 e. The average molecular weight is 425 g/mol. The molecule has 1 aliphatic rings. The van der Waals surface area contributed by atoms with Crippen molar-refractivity contribution in [2.45, 2.75) is 44.9 Å². The molecule has 1 fully saturated rings. The quantitative estimate of drug-likeness (QED) is 0.631. The van der Waals surface area contributed by atoms with Gasteiger partial charge >= 0.3 is 0 Å². The fourth-order valence-electron chi connectivity index (χ4n) is 2.60. The number of fused-ring (bicyclic) bond motifs is 1. The number of nitrogens with zero attached hydrogens (tertiary/aromatic N) is 4. The van der Waals surface area contributed by atoms with Crippen LogP contribution in [-0.2, 0) is 6.52 Å². The molecule has 1 N–H and O–H groups in total. The number of piperidine rings is 1. The molecule has 5 nitrogen and oxygen atoms in total. The predicted molar refractivity (Wildman–Crippen MR) is 115 cm³/mol. The summed E-state index contributed by atoms with van der Waals surface area (Å²) < 4.78 is 140. The third-order valence-corrected chi connectivity index (χ3v) is 5.01. The van der Waals surface area contributed by atoms with Crippen LogP contribution in [0, 0.1) is 17.1 Å². The number of hydrogen-bond donors (Lipinski definition) is 1. The number of halogens is 1. The number of hydrogen-bond acceptors (Lipinski definition) is 6. The number of nitriles is 1. The van der Waals surface area contributed by atoms with Crippen LogP contribution in [0.25, 0.3) is 10.2 Å². The van der Waals surface area contributed by atoms with E-state index >= 15 is 0 Å². The fourth-order valence-corrected chi connectivity index (χ4v) is 3.39. The van der Waals surface area contributed by atoms with Gasteiger partial charge in [0.15, 0.2) is 1.41 Å². The summed E-state index contributed by atoms with van der Waals surface area (Å²) in [4.78, 5) is 7.47. The Morgan fingerprint density at radius 3 is 3.24 bits per heavy atom. The van der Waals surface area contributed by atoms with Crippen molar-refractivity contribution in [2.75, 3.05) is 18.4 Å². The van der Waals surface area contributed by atoms with E-state index in [1.165, 1.54) is 6.07 Å². The molecule has 1 aromatic carbocycles. The Morgan fingerprint density at radius 1 is 1.62 bits per heavy atom. The Labute approximate surface area is 195 Å². The molecule has 0 radical (unpaired) electrons. The first kappa shape index (κ1) is 8.66. The molecule has 4 rings (SSSR count). The predicted octanol–water partition coefficient (Wildman–Crippen LogP) is 4.90. The van der Waals surface area contributed by atoms with Crippen LogP contribution in [0.5, 0.6) is 0 Å². The monoisotopic (exact) mass is 424 g/mol. The molecule has 1 aliphatic heterocycles. The molecule has 0 spiro atoms. The first-order valence-electron chi connectivity index (χ1n) is 16.0. The molecule has 3 aromatic rings. The number of likely N-dealkylation sites (tertiary alicyclic amines) is 1. The zero-order chi connectivity index (χ0) is 33.4. The summed E-state index contributed by atoms with van der Waals surface area (Å²) in [6.07, 6.45) is -6.90. The van der Waals surface area contributed by atoms with Crippen LogP contribution in [0.1, 0.15) is 67.6 Å². The number of rotatable bonds is 5. The molecule has 0 saturated carbocycles. The van der Waals surface area contributed by atoms with Crippen molar-refractivity contribution in [3.05, 3.63) is 52.4 Å². The van der Waals surface area contributed by atoms with Crippen LogP contribution in [0.3, 0.4) is 0 Å². The second-order valence-corrected chi connectivity index (χ2v) is 6.99. The highest BCUT2D eigenvalue weighted by atomic mass is 32.1. The van der Waals surface area contributed by atoms with Crippen molar-refractivity contribution in [3.63, 3.8) is 0 Å². The lowest BCUT2D eigenvalue weighted by Crippen LogP contribution is -2.39. The molecule has 0 amide bonds. The van der Waals surface area contributed by atoms with Crippen LogP contribution < -0.4 is 5.31 Å². The molecule has 2 atom stereocenters. The summed E-state index contributed by atoms with van der Waals surface area (Å²) >= 11 is 0.387. The van der Waals surface area contributed by atoms with Gasteiger partial charge in [-0.1, -0.05) is 13.7 Å². The first-order chi connectivity index (χ1) is 20.0. The fraction of sp³-hybridized carbons (Fsp3) is 0.409. The number of anilines is 1. The van der Waals surface area contributed by atoms with Gasteiger partial charge in [-0.05, 0) is 42.9 Å². The SMILES string of the molecule is [2H]c1nc(N([2H])C2([2H])C([2H])([2H])CN(C([2H])c3cc(C#N)ccc3F)CC2([2H])[2H])c2c([2H])c(C([2H])(C([2H])[2H])C([2H])([2H])[2H])sc2n1. The van der Waals surface area contributed by atoms with Crippen molar-refractivity contribution >= 4 is 27.4 Å². The molecule has 0 bridgehead atoms. The Hall–Kier alpha value is -2.56. The Kier molecular flexibility index (Phi) is 2.52. The lowest BCUT2D eigenvalue weighted by Gasteiger charge is -2.32. The molecule has 1 saturated heterocycles. The molecule has 3 heterocycles. The van der Waals surface area contributed by atoms with E-state index < -0.39 is 92.2 Å². The van der Waals surface area contributed by atoms with Crippen LogP contribution >= 0.6 is 11.3 Å². The number of benzene rings is 1. The molecular formula is C22H24FN5S. The summed E-state index contributed by atoms with van der Waals surface area (Å²) in [5, 5.41) is 8.67. The van der Waals surface area contributed by atoms with Crippen LogP contribution in [0.15, 0.2) is 30.5 Å². The van der Waals surface area contributed by atoms with Crippen LogP contribution in [0.2, 0.25) is 1.41 Å². The zero-order valence-corrected chi connectivity index (χ0v) is 15.6. The minimum atomic E-state index is -3.28. The van der Waals surface area contributed by atoms with E-state index in [0.29, 0.717) is 11.3 Å². The van der Waals surface area contributed by atoms with E-state index in [-0.39, 0.29) is 21.3 Å². The van der Waals surface area contributed by atoms with Crippen molar-refractivity contribution in [2.24, 2.45) is 0 Å². The summed E-state index contributed by atoms with van der Waals surface area (Å²) in [7, 11) is 0. The maximum atomic E-state index is 14.6. The highest BCUT2D eigenvalue weighted by Gasteiger charge is 2.21. The van der Waals surface area contributed by atoms with E-state index in [1.54, 1.807) is 6.07 Å². The van der Waals surface area contributed by atoms with Gasteiger partial charge in [-0.3, -0.25) is 4.90 Å². The molecule has 7 heteroatoms. The summed E-state index contributed by atoms with van der Waals surface area (Å²) in [6, 6.07) is 0.957. The Bertz CT molecular complexity index is 1620.